The summed E-state index contributed by atoms with van der Waals surface area (Å²) in [5.41, 5.74) is 2.07. The van der Waals surface area contributed by atoms with E-state index in [2.05, 4.69) is 5.10 Å². The van der Waals surface area contributed by atoms with Crippen LogP contribution in [-0.2, 0) is 14.8 Å². The van der Waals surface area contributed by atoms with E-state index in [9.17, 15) is 17.7 Å². The van der Waals surface area contributed by atoms with Crippen LogP contribution in [0.1, 0.15) is 30.5 Å². The average Bonchev–Trinajstić information content (AvgIpc) is 3.26. The zero-order chi connectivity index (χ0) is 22.9. The fraction of sp³-hybridized carbons (Fsp3) is 0.130. The van der Waals surface area contributed by atoms with Crippen molar-refractivity contribution in [1.29, 1.82) is 0 Å². The lowest BCUT2D eigenvalue weighted by molar-refractivity contribution is -0.130. The number of carbonyl (C=O) groups excluding carboxylic acids is 1. The SMILES string of the molecule is CC(=O)N1N=C(c2ccc(N(F)S(=O)(=O)c3ccccc3)cc2)CC1c1ccc(Cl)cc1. The fourth-order valence-corrected chi connectivity index (χ4v) is 4.73. The van der Waals surface area contributed by atoms with E-state index in [1.54, 1.807) is 30.3 Å². The van der Waals surface area contributed by atoms with Crippen molar-refractivity contribution in [3.8, 4) is 0 Å². The molecule has 3 aromatic rings. The Labute approximate surface area is 190 Å². The molecule has 3 aromatic carbocycles. The Bertz CT molecular complexity index is 1260. The van der Waals surface area contributed by atoms with Crippen LogP contribution in [0.25, 0.3) is 0 Å². The van der Waals surface area contributed by atoms with Gasteiger partial charge in [-0.3, -0.25) is 4.79 Å². The van der Waals surface area contributed by atoms with E-state index in [0.29, 0.717) is 22.7 Å². The van der Waals surface area contributed by atoms with Crippen LogP contribution in [0.3, 0.4) is 0 Å². The summed E-state index contributed by atoms with van der Waals surface area (Å²) in [7, 11) is -4.32. The van der Waals surface area contributed by atoms with E-state index < -0.39 is 10.0 Å². The maximum atomic E-state index is 14.7. The quantitative estimate of drug-likeness (QED) is 0.485. The summed E-state index contributed by atoms with van der Waals surface area (Å²) in [6.07, 6.45) is 0.461. The molecule has 1 aliphatic heterocycles. The number of benzene rings is 3. The number of anilines is 1. The Morgan fingerprint density at radius 3 is 2.25 bits per heavy atom. The molecule has 1 aliphatic rings. The molecule has 0 radical (unpaired) electrons. The predicted octanol–water partition coefficient (Wildman–Crippen LogP) is 5.12. The molecule has 1 amide bonds. The van der Waals surface area contributed by atoms with Gasteiger partial charge >= 0.3 is 0 Å². The third-order valence-electron chi connectivity index (χ3n) is 5.14. The molecule has 0 aliphatic carbocycles. The number of halogens is 2. The fourth-order valence-electron chi connectivity index (χ4n) is 3.51. The lowest BCUT2D eigenvalue weighted by atomic mass is 9.98. The summed E-state index contributed by atoms with van der Waals surface area (Å²) < 4.78 is 39.5. The molecule has 4 rings (SSSR count). The van der Waals surface area contributed by atoms with Crippen LogP contribution in [-0.4, -0.2) is 25.0 Å². The molecule has 0 spiro atoms. The van der Waals surface area contributed by atoms with Crippen molar-refractivity contribution in [3.05, 3.63) is 95.0 Å². The van der Waals surface area contributed by atoms with Gasteiger partial charge in [-0.25, -0.2) is 5.01 Å². The highest BCUT2D eigenvalue weighted by molar-refractivity contribution is 7.92. The third kappa shape index (κ3) is 4.24. The Hall–Kier alpha value is -3.23. The highest BCUT2D eigenvalue weighted by Gasteiger charge is 2.31. The minimum atomic E-state index is -4.32. The molecule has 0 saturated heterocycles. The molecule has 1 unspecified atom stereocenters. The molecule has 1 heterocycles. The summed E-state index contributed by atoms with van der Waals surface area (Å²) in [5.74, 6) is -0.208. The van der Waals surface area contributed by atoms with Gasteiger partial charge in [-0.15, -0.1) is 0 Å². The van der Waals surface area contributed by atoms with Crippen LogP contribution in [0.4, 0.5) is 10.2 Å². The zero-order valence-electron chi connectivity index (χ0n) is 17.0. The van der Waals surface area contributed by atoms with Crippen molar-refractivity contribution in [2.45, 2.75) is 24.3 Å². The number of hydrogen-bond donors (Lipinski definition) is 0. The number of carbonyl (C=O) groups is 1. The van der Waals surface area contributed by atoms with Crippen molar-refractivity contribution >= 4 is 38.9 Å². The largest absolute Gasteiger partial charge is 0.290 e. The van der Waals surface area contributed by atoms with Gasteiger partial charge in [0.25, 0.3) is 10.0 Å². The van der Waals surface area contributed by atoms with Gasteiger partial charge in [-0.05, 0) is 47.5 Å². The molecular weight excluding hydrogens is 453 g/mol. The van der Waals surface area contributed by atoms with Crippen LogP contribution in [0.5, 0.6) is 0 Å². The van der Waals surface area contributed by atoms with E-state index >= 15 is 0 Å². The molecule has 164 valence electrons. The normalized spacial score (nSPS) is 16.0. The molecular formula is C23H19ClFN3O3S. The van der Waals surface area contributed by atoms with Gasteiger partial charge < -0.3 is 0 Å². The monoisotopic (exact) mass is 471 g/mol. The molecule has 0 aromatic heterocycles. The smallest absolute Gasteiger partial charge is 0.273 e. The van der Waals surface area contributed by atoms with Crippen molar-refractivity contribution in [2.75, 3.05) is 4.53 Å². The number of hydrogen-bond acceptors (Lipinski definition) is 4. The molecule has 6 nitrogen and oxygen atoms in total. The summed E-state index contributed by atoms with van der Waals surface area (Å²) in [6.45, 7) is 1.44. The minimum absolute atomic E-state index is 0.131. The Morgan fingerprint density at radius 2 is 1.66 bits per heavy atom. The van der Waals surface area contributed by atoms with Crippen LogP contribution < -0.4 is 4.53 Å². The van der Waals surface area contributed by atoms with Gasteiger partial charge in [0, 0.05) is 18.4 Å². The standard InChI is InChI=1S/C23H19ClFN3O3S/c1-16(29)27-23(18-7-11-19(24)12-8-18)15-22(26-27)17-9-13-20(14-10-17)28(25)32(30,31)21-5-3-2-4-6-21/h2-14,23H,15H2,1H3. The van der Waals surface area contributed by atoms with Gasteiger partial charge in [0.05, 0.1) is 22.3 Å². The van der Waals surface area contributed by atoms with Crippen LogP contribution >= 0.6 is 11.6 Å². The number of nitrogens with zero attached hydrogens (tertiary/aromatic N) is 3. The lowest BCUT2D eigenvalue weighted by Crippen LogP contribution is -2.24. The minimum Gasteiger partial charge on any atom is -0.273 e. The maximum Gasteiger partial charge on any atom is 0.290 e. The van der Waals surface area contributed by atoms with Crippen LogP contribution in [0.2, 0.25) is 5.02 Å². The van der Waals surface area contributed by atoms with E-state index in [0.717, 1.165) is 5.56 Å². The molecule has 9 heteroatoms. The summed E-state index contributed by atoms with van der Waals surface area (Å²) in [6, 6.07) is 20.2. The van der Waals surface area contributed by atoms with E-state index in [1.807, 2.05) is 12.1 Å². The first kappa shape index (κ1) is 22.0. The first-order valence-corrected chi connectivity index (χ1v) is 11.6. The van der Waals surface area contributed by atoms with E-state index in [1.165, 1.54) is 48.3 Å². The number of sulfonamides is 1. The lowest BCUT2D eigenvalue weighted by Gasteiger charge is -2.20. The molecule has 1 atom stereocenters. The topological polar surface area (TPSA) is 70.1 Å². The molecule has 0 saturated carbocycles. The Morgan fingerprint density at radius 1 is 1.03 bits per heavy atom. The average molecular weight is 472 g/mol. The highest BCUT2D eigenvalue weighted by atomic mass is 35.5. The van der Waals surface area contributed by atoms with Gasteiger partial charge in [-0.2, -0.15) is 13.5 Å². The number of rotatable bonds is 5. The first-order chi connectivity index (χ1) is 15.3. The Balaban J connectivity index is 1.58. The summed E-state index contributed by atoms with van der Waals surface area (Å²) in [4.78, 5) is 12.0. The molecule has 0 N–H and O–H groups in total. The maximum absolute atomic E-state index is 14.7. The number of hydrazone groups is 1. The second-order valence-corrected chi connectivity index (χ2v) is 9.44. The Kier molecular flexibility index (Phi) is 5.99. The third-order valence-corrected chi connectivity index (χ3v) is 6.90. The summed E-state index contributed by atoms with van der Waals surface area (Å²) >= 11 is 5.97. The van der Waals surface area contributed by atoms with Crippen molar-refractivity contribution in [3.63, 3.8) is 0 Å². The highest BCUT2D eigenvalue weighted by Crippen LogP contribution is 2.34. The van der Waals surface area contributed by atoms with Crippen molar-refractivity contribution < 1.29 is 17.7 Å². The summed E-state index contributed by atoms with van der Waals surface area (Å²) in [5, 5.41) is 6.46. The van der Waals surface area contributed by atoms with Crippen molar-refractivity contribution in [2.24, 2.45) is 5.10 Å². The molecule has 0 fully saturated rings. The van der Waals surface area contributed by atoms with Gasteiger partial charge in [-0.1, -0.05) is 63.1 Å². The number of amides is 1. The van der Waals surface area contributed by atoms with Gasteiger partial charge in [0.1, 0.15) is 0 Å². The van der Waals surface area contributed by atoms with Gasteiger partial charge in [0.15, 0.2) is 0 Å². The zero-order valence-corrected chi connectivity index (χ0v) is 18.6. The van der Waals surface area contributed by atoms with E-state index in [-0.39, 0.29) is 27.1 Å². The first-order valence-electron chi connectivity index (χ1n) is 9.77. The van der Waals surface area contributed by atoms with Gasteiger partial charge in [0.2, 0.25) is 5.91 Å². The van der Waals surface area contributed by atoms with Crippen LogP contribution in [0, 0.1) is 0 Å². The van der Waals surface area contributed by atoms with E-state index in [4.69, 9.17) is 11.6 Å². The second-order valence-electron chi connectivity index (χ2n) is 7.26. The molecule has 32 heavy (non-hydrogen) atoms. The molecule has 0 bridgehead atoms. The predicted molar refractivity (Wildman–Crippen MR) is 122 cm³/mol. The second kappa shape index (κ2) is 8.72. The van der Waals surface area contributed by atoms with Crippen molar-refractivity contribution in [1.82, 2.24) is 5.01 Å². The van der Waals surface area contributed by atoms with Crippen LogP contribution in [0.15, 0.2) is 88.9 Å².